The largest absolute Gasteiger partial charge is 0.497 e. The minimum absolute atomic E-state index is 0.101. The molecule has 1 aromatic carbocycles. The van der Waals surface area contributed by atoms with Crippen LogP contribution in [-0.2, 0) is 11.3 Å². The molecule has 5 nitrogen and oxygen atoms in total. The molecule has 0 saturated heterocycles. The Morgan fingerprint density at radius 3 is 2.38 bits per heavy atom. The van der Waals surface area contributed by atoms with Crippen LogP contribution >= 0.6 is 22.9 Å². The van der Waals surface area contributed by atoms with E-state index in [1.54, 1.807) is 32.4 Å². The second-order valence-corrected chi connectivity index (χ2v) is 7.19. The van der Waals surface area contributed by atoms with E-state index in [9.17, 15) is 4.79 Å². The zero-order valence-electron chi connectivity index (χ0n) is 14.1. The van der Waals surface area contributed by atoms with E-state index in [1.165, 1.54) is 11.3 Å². The van der Waals surface area contributed by atoms with E-state index in [-0.39, 0.29) is 11.9 Å². The van der Waals surface area contributed by atoms with Crippen LogP contribution in [0.25, 0.3) is 0 Å². The highest BCUT2D eigenvalue weighted by atomic mass is 35.5. The molecule has 0 fully saturated rings. The number of carbonyl (C=O) groups is 1. The van der Waals surface area contributed by atoms with Crippen molar-refractivity contribution in [2.45, 2.75) is 19.5 Å². The van der Waals surface area contributed by atoms with Crippen molar-refractivity contribution in [3.8, 4) is 11.5 Å². The molecule has 0 saturated carbocycles. The standard InChI is InChI=1S/C17H21ClN2O3S/c1-11(20(2)10-15-5-6-16(18)24-15)17(21)19-12-7-13(22-3)9-14(8-12)23-4/h5-9,11H,10H2,1-4H3,(H,19,21)/t11-/m1/s1. The van der Waals surface area contributed by atoms with E-state index in [1.807, 2.05) is 31.0 Å². The summed E-state index contributed by atoms with van der Waals surface area (Å²) < 4.78 is 11.2. The first kappa shape index (κ1) is 18.6. The van der Waals surface area contributed by atoms with Crippen molar-refractivity contribution in [1.82, 2.24) is 4.90 Å². The highest BCUT2D eigenvalue weighted by molar-refractivity contribution is 7.16. The molecule has 0 aliphatic heterocycles. The fourth-order valence-electron chi connectivity index (χ4n) is 2.15. The lowest BCUT2D eigenvalue weighted by Crippen LogP contribution is -2.39. The van der Waals surface area contributed by atoms with Gasteiger partial charge in [-0.25, -0.2) is 0 Å². The van der Waals surface area contributed by atoms with Crippen molar-refractivity contribution >= 4 is 34.5 Å². The number of likely N-dealkylation sites (N-methyl/N-ethyl adjacent to an activating group) is 1. The van der Waals surface area contributed by atoms with Gasteiger partial charge in [-0.05, 0) is 26.1 Å². The van der Waals surface area contributed by atoms with E-state index in [0.29, 0.717) is 23.7 Å². The molecule has 130 valence electrons. The monoisotopic (exact) mass is 368 g/mol. The molecule has 1 heterocycles. The minimum Gasteiger partial charge on any atom is -0.497 e. The van der Waals surface area contributed by atoms with Gasteiger partial charge in [0.25, 0.3) is 0 Å². The van der Waals surface area contributed by atoms with Crippen LogP contribution in [0.3, 0.4) is 0 Å². The van der Waals surface area contributed by atoms with Crippen LogP contribution < -0.4 is 14.8 Å². The Hall–Kier alpha value is -1.76. The first-order chi connectivity index (χ1) is 11.4. The second kappa shape index (κ2) is 8.37. The van der Waals surface area contributed by atoms with Crippen molar-refractivity contribution in [2.75, 3.05) is 26.6 Å². The van der Waals surface area contributed by atoms with E-state index < -0.39 is 0 Å². The second-order valence-electron chi connectivity index (χ2n) is 5.39. The van der Waals surface area contributed by atoms with Gasteiger partial charge in [-0.2, -0.15) is 0 Å². The summed E-state index contributed by atoms with van der Waals surface area (Å²) in [6.07, 6.45) is 0. The van der Waals surface area contributed by atoms with Gasteiger partial charge in [0.05, 0.1) is 24.6 Å². The van der Waals surface area contributed by atoms with Crippen LogP contribution in [0.2, 0.25) is 4.34 Å². The maximum absolute atomic E-state index is 12.5. The summed E-state index contributed by atoms with van der Waals surface area (Å²) in [7, 11) is 5.05. The first-order valence-electron chi connectivity index (χ1n) is 7.41. The topological polar surface area (TPSA) is 50.8 Å². The van der Waals surface area contributed by atoms with Crippen molar-refractivity contribution < 1.29 is 14.3 Å². The number of hydrogen-bond donors (Lipinski definition) is 1. The van der Waals surface area contributed by atoms with Crippen LogP contribution in [0.1, 0.15) is 11.8 Å². The molecule has 0 spiro atoms. The zero-order valence-corrected chi connectivity index (χ0v) is 15.7. The molecule has 1 atom stereocenters. The maximum Gasteiger partial charge on any atom is 0.241 e. The third-order valence-electron chi connectivity index (χ3n) is 3.69. The molecular weight excluding hydrogens is 348 g/mol. The summed E-state index contributed by atoms with van der Waals surface area (Å²) >= 11 is 7.47. The van der Waals surface area contributed by atoms with E-state index in [2.05, 4.69) is 5.32 Å². The molecule has 0 aliphatic carbocycles. The van der Waals surface area contributed by atoms with Crippen LogP contribution in [0.5, 0.6) is 11.5 Å². The van der Waals surface area contributed by atoms with E-state index >= 15 is 0 Å². The number of ether oxygens (including phenoxy) is 2. The van der Waals surface area contributed by atoms with Crippen molar-refractivity contribution in [1.29, 1.82) is 0 Å². The van der Waals surface area contributed by atoms with Crippen molar-refractivity contribution in [3.63, 3.8) is 0 Å². The third-order valence-corrected chi connectivity index (χ3v) is 4.91. The van der Waals surface area contributed by atoms with Gasteiger partial charge in [-0.3, -0.25) is 9.69 Å². The number of amides is 1. The number of nitrogens with one attached hydrogen (secondary N) is 1. The highest BCUT2D eigenvalue weighted by Gasteiger charge is 2.19. The average molecular weight is 369 g/mol. The van der Waals surface area contributed by atoms with Gasteiger partial charge < -0.3 is 14.8 Å². The Kier molecular flexibility index (Phi) is 6.48. The lowest BCUT2D eigenvalue weighted by molar-refractivity contribution is -0.120. The lowest BCUT2D eigenvalue weighted by atomic mass is 10.2. The fraction of sp³-hybridized carbons (Fsp3) is 0.353. The Morgan fingerprint density at radius 2 is 1.88 bits per heavy atom. The van der Waals surface area contributed by atoms with Gasteiger partial charge in [0.15, 0.2) is 0 Å². The molecule has 0 unspecified atom stereocenters. The number of methoxy groups -OCH3 is 2. The van der Waals surface area contributed by atoms with Crippen molar-refractivity contribution in [3.05, 3.63) is 39.5 Å². The number of anilines is 1. The van der Waals surface area contributed by atoms with Gasteiger partial charge in [0.2, 0.25) is 5.91 Å². The SMILES string of the molecule is COc1cc(NC(=O)[C@@H](C)N(C)Cc2ccc(Cl)s2)cc(OC)c1. The van der Waals surface area contributed by atoms with Crippen LogP contribution in [0.15, 0.2) is 30.3 Å². The number of carbonyl (C=O) groups excluding carboxylic acids is 1. The third kappa shape index (κ3) is 4.87. The molecule has 1 amide bonds. The number of rotatable bonds is 7. The van der Waals surface area contributed by atoms with Gasteiger partial charge in [0, 0.05) is 35.3 Å². The van der Waals surface area contributed by atoms with Crippen molar-refractivity contribution in [2.24, 2.45) is 0 Å². The van der Waals surface area contributed by atoms with E-state index in [0.717, 1.165) is 9.21 Å². The Bertz CT molecular complexity index is 683. The number of thiophene rings is 1. The van der Waals surface area contributed by atoms with Gasteiger partial charge in [0.1, 0.15) is 11.5 Å². The quantitative estimate of drug-likeness (QED) is 0.805. The molecule has 1 N–H and O–H groups in total. The molecule has 24 heavy (non-hydrogen) atoms. The molecule has 7 heteroatoms. The average Bonchev–Trinajstić information content (AvgIpc) is 2.98. The summed E-state index contributed by atoms with van der Waals surface area (Å²) in [5.41, 5.74) is 0.635. The van der Waals surface area contributed by atoms with Gasteiger partial charge in [-0.1, -0.05) is 11.6 Å². The Morgan fingerprint density at radius 1 is 1.25 bits per heavy atom. The van der Waals surface area contributed by atoms with E-state index in [4.69, 9.17) is 21.1 Å². The molecule has 2 rings (SSSR count). The normalized spacial score (nSPS) is 12.1. The molecule has 0 aliphatic rings. The Balaban J connectivity index is 2.02. The predicted octanol–water partition coefficient (Wildman–Crippen LogP) is 3.88. The summed E-state index contributed by atoms with van der Waals surface area (Å²) in [6, 6.07) is 8.80. The number of halogens is 1. The van der Waals surface area contributed by atoms with Gasteiger partial charge >= 0.3 is 0 Å². The smallest absolute Gasteiger partial charge is 0.241 e. The molecule has 0 radical (unpaired) electrons. The summed E-state index contributed by atoms with van der Waals surface area (Å²) in [5.74, 6) is 1.15. The summed E-state index contributed by atoms with van der Waals surface area (Å²) in [6.45, 7) is 2.52. The maximum atomic E-state index is 12.5. The highest BCUT2D eigenvalue weighted by Crippen LogP contribution is 2.26. The van der Waals surface area contributed by atoms with Crippen LogP contribution in [-0.4, -0.2) is 38.1 Å². The first-order valence-corrected chi connectivity index (χ1v) is 8.60. The predicted molar refractivity (Wildman–Crippen MR) is 98.4 cm³/mol. The minimum atomic E-state index is -0.303. The number of hydrogen-bond acceptors (Lipinski definition) is 5. The summed E-state index contributed by atoms with van der Waals surface area (Å²) in [5, 5.41) is 2.90. The Labute approximate surface area is 151 Å². The molecule has 1 aromatic heterocycles. The van der Waals surface area contributed by atoms with Gasteiger partial charge in [-0.15, -0.1) is 11.3 Å². The number of benzene rings is 1. The zero-order chi connectivity index (χ0) is 17.7. The fourth-order valence-corrected chi connectivity index (χ4v) is 3.30. The number of nitrogens with zero attached hydrogens (tertiary/aromatic N) is 1. The van der Waals surface area contributed by atoms with Crippen LogP contribution in [0, 0.1) is 0 Å². The lowest BCUT2D eigenvalue weighted by Gasteiger charge is -2.23. The molecule has 2 aromatic rings. The molecular formula is C17H21ClN2O3S. The summed E-state index contributed by atoms with van der Waals surface area (Å²) in [4.78, 5) is 15.6. The van der Waals surface area contributed by atoms with Crippen LogP contribution in [0.4, 0.5) is 5.69 Å². The molecule has 0 bridgehead atoms.